The van der Waals surface area contributed by atoms with Gasteiger partial charge >= 0.3 is 0 Å². The first-order valence-electron chi connectivity index (χ1n) is 11.2. The third-order valence-corrected chi connectivity index (χ3v) is 5.67. The lowest BCUT2D eigenvalue weighted by Gasteiger charge is -2.31. The van der Waals surface area contributed by atoms with E-state index in [0.717, 1.165) is 18.7 Å². The van der Waals surface area contributed by atoms with Gasteiger partial charge in [0.05, 0.1) is 24.6 Å². The number of amides is 1. The molecule has 1 aliphatic heterocycles. The molecule has 2 aromatic carbocycles. The number of nitrogens with one attached hydrogen (secondary N) is 1. The lowest BCUT2D eigenvalue weighted by atomic mass is 10.0. The molecule has 1 amide bonds. The average Bonchev–Trinajstić information content (AvgIpc) is 2.81. The number of fused-ring (bicyclic) bond motifs is 1. The normalized spacial score (nSPS) is 15.7. The zero-order valence-electron chi connectivity index (χ0n) is 18.7. The molecule has 3 aromatic rings. The molecule has 1 atom stereocenters. The van der Waals surface area contributed by atoms with Crippen LogP contribution in [-0.4, -0.2) is 53.4 Å². The summed E-state index contributed by atoms with van der Waals surface area (Å²) in [6, 6.07) is 17.0. The Morgan fingerprint density at radius 3 is 2.34 bits per heavy atom. The molecular weight excluding hydrogens is 404 g/mol. The molecule has 7 heteroatoms. The van der Waals surface area contributed by atoms with Gasteiger partial charge in [0.25, 0.3) is 11.5 Å². The van der Waals surface area contributed by atoms with Gasteiger partial charge in [-0.25, -0.2) is 4.68 Å². The van der Waals surface area contributed by atoms with Crippen molar-refractivity contribution in [2.75, 3.05) is 32.8 Å². The van der Waals surface area contributed by atoms with E-state index in [4.69, 9.17) is 4.74 Å². The summed E-state index contributed by atoms with van der Waals surface area (Å²) >= 11 is 0. The summed E-state index contributed by atoms with van der Waals surface area (Å²) in [5.41, 5.74) is 1.15. The van der Waals surface area contributed by atoms with Crippen molar-refractivity contribution in [1.82, 2.24) is 20.0 Å². The van der Waals surface area contributed by atoms with Crippen LogP contribution in [0.4, 0.5) is 0 Å². The van der Waals surface area contributed by atoms with Crippen molar-refractivity contribution < 1.29 is 9.53 Å². The van der Waals surface area contributed by atoms with Crippen molar-refractivity contribution in [3.63, 3.8) is 0 Å². The van der Waals surface area contributed by atoms with E-state index in [-0.39, 0.29) is 29.1 Å². The quantitative estimate of drug-likeness (QED) is 0.619. The van der Waals surface area contributed by atoms with Crippen molar-refractivity contribution in [3.8, 4) is 0 Å². The third kappa shape index (κ3) is 5.06. The van der Waals surface area contributed by atoms with Gasteiger partial charge in [-0.15, -0.1) is 0 Å². The molecule has 1 fully saturated rings. The second-order valence-electron chi connectivity index (χ2n) is 8.63. The molecule has 0 radical (unpaired) electrons. The molecule has 0 saturated carbocycles. The van der Waals surface area contributed by atoms with Crippen LogP contribution >= 0.6 is 0 Å². The van der Waals surface area contributed by atoms with Crippen molar-refractivity contribution >= 4 is 16.7 Å². The van der Waals surface area contributed by atoms with Crippen molar-refractivity contribution in [2.24, 2.45) is 5.92 Å². The van der Waals surface area contributed by atoms with Crippen LogP contribution in [0.15, 0.2) is 59.4 Å². The van der Waals surface area contributed by atoms with Crippen molar-refractivity contribution in [3.05, 3.63) is 76.2 Å². The smallest absolute Gasteiger partial charge is 0.274 e. The molecular formula is C25H30N4O3. The van der Waals surface area contributed by atoms with Gasteiger partial charge in [-0.1, -0.05) is 62.4 Å². The fraction of sp³-hybridized carbons (Fsp3) is 0.400. The van der Waals surface area contributed by atoms with E-state index < -0.39 is 0 Å². The first-order valence-corrected chi connectivity index (χ1v) is 11.2. The van der Waals surface area contributed by atoms with Gasteiger partial charge in [-0.2, -0.15) is 5.10 Å². The van der Waals surface area contributed by atoms with Crippen molar-refractivity contribution in [2.45, 2.75) is 26.4 Å². The highest BCUT2D eigenvalue weighted by Crippen LogP contribution is 2.19. The lowest BCUT2D eigenvalue weighted by Crippen LogP contribution is -2.43. The topological polar surface area (TPSA) is 76.5 Å². The summed E-state index contributed by atoms with van der Waals surface area (Å²) in [7, 11) is 0. The highest BCUT2D eigenvalue weighted by molar-refractivity contribution is 6.04. The Hall–Kier alpha value is -3.03. The van der Waals surface area contributed by atoms with Gasteiger partial charge in [-0.05, 0) is 17.5 Å². The SMILES string of the molecule is CC(C)Cn1nc(C(=O)NC(CN2CCOCC2)c2ccccc2)c2ccccc2c1=O. The zero-order valence-corrected chi connectivity index (χ0v) is 18.7. The van der Waals surface area contributed by atoms with E-state index in [1.165, 1.54) is 4.68 Å². The summed E-state index contributed by atoms with van der Waals surface area (Å²) in [4.78, 5) is 28.7. The number of rotatable bonds is 7. The molecule has 0 spiro atoms. The Bertz CT molecular complexity index is 1120. The fourth-order valence-corrected chi connectivity index (χ4v) is 4.06. The van der Waals surface area contributed by atoms with Crippen LogP contribution in [0.3, 0.4) is 0 Å². The van der Waals surface area contributed by atoms with Crippen LogP contribution < -0.4 is 10.9 Å². The lowest BCUT2D eigenvalue weighted by molar-refractivity contribution is 0.0332. The highest BCUT2D eigenvalue weighted by Gasteiger charge is 2.23. The van der Waals surface area contributed by atoms with Crippen molar-refractivity contribution in [1.29, 1.82) is 0 Å². The van der Waals surface area contributed by atoms with E-state index in [1.54, 1.807) is 12.1 Å². The Morgan fingerprint density at radius 1 is 1.00 bits per heavy atom. The van der Waals surface area contributed by atoms with E-state index in [0.29, 0.717) is 37.1 Å². The summed E-state index contributed by atoms with van der Waals surface area (Å²) in [5.74, 6) is -0.0449. The third-order valence-electron chi connectivity index (χ3n) is 5.67. The maximum absolute atomic E-state index is 13.5. The molecule has 1 aromatic heterocycles. The number of carbonyl (C=O) groups excluding carboxylic acids is 1. The highest BCUT2D eigenvalue weighted by atomic mass is 16.5. The number of benzene rings is 2. The Balaban J connectivity index is 1.68. The number of hydrogen-bond donors (Lipinski definition) is 1. The molecule has 2 heterocycles. The summed E-state index contributed by atoms with van der Waals surface area (Å²) < 4.78 is 6.89. The number of hydrogen-bond acceptors (Lipinski definition) is 5. The molecule has 32 heavy (non-hydrogen) atoms. The minimum absolute atomic E-state index is 0.168. The maximum atomic E-state index is 13.5. The molecule has 1 saturated heterocycles. The monoisotopic (exact) mass is 434 g/mol. The minimum atomic E-state index is -0.277. The molecule has 168 valence electrons. The Labute approximate surface area is 188 Å². The predicted molar refractivity (Wildman–Crippen MR) is 125 cm³/mol. The summed E-state index contributed by atoms with van der Waals surface area (Å²) in [5, 5.41) is 8.77. The number of aromatic nitrogens is 2. The number of carbonyl (C=O) groups is 1. The minimum Gasteiger partial charge on any atom is -0.379 e. The number of nitrogens with zero attached hydrogens (tertiary/aromatic N) is 3. The Morgan fingerprint density at radius 2 is 1.66 bits per heavy atom. The van der Waals surface area contributed by atoms with Crippen LogP contribution in [0.1, 0.15) is 35.9 Å². The molecule has 7 nitrogen and oxygen atoms in total. The predicted octanol–water partition coefficient (Wildman–Crippen LogP) is 2.86. The van der Waals surface area contributed by atoms with Crippen LogP contribution in [0.2, 0.25) is 0 Å². The summed E-state index contributed by atoms with van der Waals surface area (Å²) in [6.45, 7) is 8.25. The van der Waals surface area contributed by atoms with Gasteiger partial charge in [-0.3, -0.25) is 14.5 Å². The van der Waals surface area contributed by atoms with Gasteiger partial charge in [0.1, 0.15) is 0 Å². The summed E-state index contributed by atoms with van der Waals surface area (Å²) in [6.07, 6.45) is 0. The molecule has 0 bridgehead atoms. The first kappa shape index (κ1) is 22.2. The van der Waals surface area contributed by atoms with Gasteiger partial charge in [0.15, 0.2) is 5.69 Å². The van der Waals surface area contributed by atoms with Gasteiger partial charge in [0, 0.05) is 31.6 Å². The maximum Gasteiger partial charge on any atom is 0.274 e. The second-order valence-corrected chi connectivity index (χ2v) is 8.63. The van der Waals surface area contributed by atoms with Crippen LogP contribution in [-0.2, 0) is 11.3 Å². The second kappa shape index (κ2) is 10.1. The fourth-order valence-electron chi connectivity index (χ4n) is 4.06. The molecule has 0 aliphatic carbocycles. The number of morpholine rings is 1. The largest absolute Gasteiger partial charge is 0.379 e. The average molecular weight is 435 g/mol. The van der Waals surface area contributed by atoms with E-state index in [9.17, 15) is 9.59 Å². The van der Waals surface area contributed by atoms with Crippen LogP contribution in [0.25, 0.3) is 10.8 Å². The van der Waals surface area contributed by atoms with E-state index in [2.05, 4.69) is 15.3 Å². The molecule has 1 unspecified atom stereocenters. The van der Waals surface area contributed by atoms with E-state index >= 15 is 0 Å². The van der Waals surface area contributed by atoms with Gasteiger partial charge < -0.3 is 10.1 Å². The van der Waals surface area contributed by atoms with Gasteiger partial charge in [0.2, 0.25) is 0 Å². The first-order chi connectivity index (χ1) is 15.5. The van der Waals surface area contributed by atoms with Crippen LogP contribution in [0, 0.1) is 5.92 Å². The van der Waals surface area contributed by atoms with E-state index in [1.807, 2.05) is 56.3 Å². The molecule has 1 N–H and O–H groups in total. The molecule has 1 aliphatic rings. The number of ether oxygens (including phenoxy) is 1. The molecule has 4 rings (SSSR count). The Kier molecular flexibility index (Phi) is 6.97. The van der Waals surface area contributed by atoms with Crippen LogP contribution in [0.5, 0.6) is 0 Å². The standard InChI is InChI=1S/C25H30N4O3/c1-18(2)16-29-25(31)21-11-7-6-10-20(21)23(27-29)24(30)26-22(19-8-4-3-5-9-19)17-28-12-14-32-15-13-28/h3-11,18,22H,12-17H2,1-2H3,(H,26,30). The zero-order chi connectivity index (χ0) is 22.5.